The number of methoxy groups -OCH3 is 1. The third-order valence-electron chi connectivity index (χ3n) is 6.19. The summed E-state index contributed by atoms with van der Waals surface area (Å²) in [5.74, 6) is -1.11. The van der Waals surface area contributed by atoms with Gasteiger partial charge in [0.1, 0.15) is 5.82 Å². The Morgan fingerprint density at radius 1 is 1.00 bits per heavy atom. The number of aryl methyl sites for hydroxylation is 2. The maximum atomic E-state index is 13.4. The van der Waals surface area contributed by atoms with Crippen molar-refractivity contribution in [3.63, 3.8) is 0 Å². The van der Waals surface area contributed by atoms with Crippen molar-refractivity contribution in [1.82, 2.24) is 9.88 Å². The van der Waals surface area contributed by atoms with Crippen LogP contribution in [0.5, 0.6) is 5.75 Å². The van der Waals surface area contributed by atoms with Crippen LogP contribution in [0.2, 0.25) is 0 Å². The van der Waals surface area contributed by atoms with Crippen LogP contribution in [0.3, 0.4) is 0 Å². The molecule has 0 saturated heterocycles. The number of hydrogen-bond acceptors (Lipinski definition) is 3. The van der Waals surface area contributed by atoms with Crippen LogP contribution in [0.25, 0.3) is 22.0 Å². The second kappa shape index (κ2) is 10.5. The predicted octanol–water partition coefficient (Wildman–Crippen LogP) is 5.73. The van der Waals surface area contributed by atoms with Gasteiger partial charge in [0.05, 0.1) is 23.8 Å². The van der Waals surface area contributed by atoms with E-state index in [0.29, 0.717) is 22.0 Å². The minimum absolute atomic E-state index is 0.0280. The van der Waals surface area contributed by atoms with Gasteiger partial charge in [-0.1, -0.05) is 36.4 Å². The van der Waals surface area contributed by atoms with Gasteiger partial charge in [0.15, 0.2) is 5.75 Å². The maximum absolute atomic E-state index is 13.4. The number of ether oxygens (including phenoxy) is 1. The minimum Gasteiger partial charge on any atom is -0.490 e. The van der Waals surface area contributed by atoms with Crippen LogP contribution in [0.4, 0.5) is 17.6 Å². The molecule has 1 aromatic heterocycles. The molecule has 37 heavy (non-hydrogen) atoms. The Morgan fingerprint density at radius 3 is 2.35 bits per heavy atom. The summed E-state index contributed by atoms with van der Waals surface area (Å²) in [5, 5.41) is 3.15. The molecular formula is C28H24F4N2O3. The van der Waals surface area contributed by atoms with Gasteiger partial charge in [0.2, 0.25) is 0 Å². The van der Waals surface area contributed by atoms with Gasteiger partial charge >= 0.3 is 6.18 Å². The lowest BCUT2D eigenvalue weighted by Gasteiger charge is -2.16. The number of amides is 1. The number of pyridine rings is 1. The van der Waals surface area contributed by atoms with E-state index < -0.39 is 23.2 Å². The van der Waals surface area contributed by atoms with Crippen molar-refractivity contribution in [2.75, 3.05) is 13.7 Å². The van der Waals surface area contributed by atoms with E-state index in [-0.39, 0.29) is 42.1 Å². The number of halogens is 4. The lowest BCUT2D eigenvalue weighted by Crippen LogP contribution is -2.29. The Morgan fingerprint density at radius 2 is 1.68 bits per heavy atom. The van der Waals surface area contributed by atoms with Gasteiger partial charge in [-0.2, -0.15) is 13.2 Å². The molecule has 0 radical (unpaired) electrons. The summed E-state index contributed by atoms with van der Waals surface area (Å²) < 4.78 is 59.8. The zero-order valence-corrected chi connectivity index (χ0v) is 20.2. The lowest BCUT2D eigenvalue weighted by atomic mass is 9.99. The number of hydrogen-bond donors (Lipinski definition) is 1. The van der Waals surface area contributed by atoms with Gasteiger partial charge in [-0.3, -0.25) is 9.59 Å². The average Bonchev–Trinajstić information content (AvgIpc) is 2.88. The predicted molar refractivity (Wildman–Crippen MR) is 133 cm³/mol. The molecule has 3 aromatic carbocycles. The zero-order chi connectivity index (χ0) is 26.7. The lowest BCUT2D eigenvalue weighted by molar-refractivity contribution is -0.138. The van der Waals surface area contributed by atoms with E-state index in [1.807, 2.05) is 0 Å². The second-order valence-electron chi connectivity index (χ2n) is 8.53. The molecule has 0 unspecified atom stereocenters. The number of aromatic nitrogens is 1. The molecular weight excluding hydrogens is 488 g/mol. The fourth-order valence-electron chi connectivity index (χ4n) is 4.34. The van der Waals surface area contributed by atoms with Crippen molar-refractivity contribution in [2.24, 2.45) is 7.05 Å². The highest BCUT2D eigenvalue weighted by Gasteiger charge is 2.32. The van der Waals surface area contributed by atoms with Crippen LogP contribution in [-0.4, -0.2) is 24.1 Å². The molecule has 0 atom stereocenters. The standard InChI is InChI=1S/C28H24F4N2O3/c1-34-23-14-11-19(17-9-12-20(29)13-10-17)16-21(23)24(25(37-2)27(34)36)26(35)33-15-5-7-18-6-3-4-8-22(18)28(30,31)32/h3-4,6,8-14,16H,5,7,15H2,1-2H3,(H,33,35). The summed E-state index contributed by atoms with van der Waals surface area (Å²) in [6.45, 7) is 0.0858. The maximum Gasteiger partial charge on any atom is 0.416 e. The third-order valence-corrected chi connectivity index (χ3v) is 6.19. The molecule has 1 amide bonds. The summed E-state index contributed by atoms with van der Waals surface area (Å²) in [6, 6.07) is 16.4. The van der Waals surface area contributed by atoms with Crippen LogP contribution in [0, 0.1) is 5.82 Å². The summed E-state index contributed by atoms with van der Waals surface area (Å²) in [5.41, 5.74) is 0.866. The summed E-state index contributed by atoms with van der Waals surface area (Å²) >= 11 is 0. The molecule has 4 rings (SSSR count). The van der Waals surface area contributed by atoms with Crippen LogP contribution in [0.15, 0.2) is 71.5 Å². The molecule has 0 saturated carbocycles. The highest BCUT2D eigenvalue weighted by molar-refractivity contribution is 6.09. The SMILES string of the molecule is COc1c(C(=O)NCCCc2ccccc2C(F)(F)F)c2cc(-c3ccc(F)cc3)ccc2n(C)c1=O. The van der Waals surface area contributed by atoms with Gasteiger partial charge in [0, 0.05) is 19.0 Å². The summed E-state index contributed by atoms with van der Waals surface area (Å²) in [7, 11) is 2.85. The first-order chi connectivity index (χ1) is 17.6. The van der Waals surface area contributed by atoms with E-state index in [2.05, 4.69) is 5.32 Å². The van der Waals surface area contributed by atoms with Gasteiger partial charge in [-0.25, -0.2) is 4.39 Å². The molecule has 4 aromatic rings. The number of nitrogens with one attached hydrogen (secondary N) is 1. The smallest absolute Gasteiger partial charge is 0.416 e. The van der Waals surface area contributed by atoms with Gasteiger partial charge < -0.3 is 14.6 Å². The highest BCUT2D eigenvalue weighted by Crippen LogP contribution is 2.32. The fraction of sp³-hybridized carbons (Fsp3) is 0.214. The van der Waals surface area contributed by atoms with E-state index in [1.54, 1.807) is 43.4 Å². The molecule has 192 valence electrons. The van der Waals surface area contributed by atoms with Crippen molar-refractivity contribution in [1.29, 1.82) is 0 Å². The Hall–Kier alpha value is -4.14. The van der Waals surface area contributed by atoms with Crippen molar-refractivity contribution in [2.45, 2.75) is 19.0 Å². The number of alkyl halides is 3. The van der Waals surface area contributed by atoms with E-state index in [1.165, 1.54) is 35.9 Å². The second-order valence-corrected chi connectivity index (χ2v) is 8.53. The molecule has 1 N–H and O–H groups in total. The van der Waals surface area contributed by atoms with E-state index >= 15 is 0 Å². The van der Waals surface area contributed by atoms with Crippen LogP contribution < -0.4 is 15.6 Å². The molecule has 5 nitrogen and oxygen atoms in total. The Balaban J connectivity index is 1.63. The van der Waals surface area contributed by atoms with Gasteiger partial charge in [0.25, 0.3) is 11.5 Å². The third kappa shape index (κ3) is 5.35. The topological polar surface area (TPSA) is 60.3 Å². The number of nitrogens with zero attached hydrogens (tertiary/aromatic N) is 1. The minimum atomic E-state index is -4.46. The van der Waals surface area contributed by atoms with Crippen molar-refractivity contribution >= 4 is 16.8 Å². The number of fused-ring (bicyclic) bond motifs is 1. The Labute approximate surface area is 210 Å². The molecule has 0 aliphatic carbocycles. The van der Waals surface area contributed by atoms with Crippen LogP contribution >= 0.6 is 0 Å². The first-order valence-corrected chi connectivity index (χ1v) is 11.5. The first-order valence-electron chi connectivity index (χ1n) is 11.5. The van der Waals surface area contributed by atoms with Crippen molar-refractivity contribution < 1.29 is 27.1 Å². The molecule has 0 aliphatic heterocycles. The summed E-state index contributed by atoms with van der Waals surface area (Å²) in [4.78, 5) is 26.2. The number of carbonyl (C=O) groups is 1. The fourth-order valence-corrected chi connectivity index (χ4v) is 4.34. The number of carbonyl (C=O) groups excluding carboxylic acids is 1. The van der Waals surface area contributed by atoms with Gasteiger partial charge in [-0.15, -0.1) is 0 Å². The number of benzene rings is 3. The largest absolute Gasteiger partial charge is 0.490 e. The molecule has 9 heteroatoms. The summed E-state index contributed by atoms with van der Waals surface area (Å²) in [6.07, 6.45) is -4.09. The highest BCUT2D eigenvalue weighted by atomic mass is 19.4. The first kappa shape index (κ1) is 25.9. The van der Waals surface area contributed by atoms with Crippen molar-refractivity contribution in [3.8, 4) is 16.9 Å². The molecule has 0 fully saturated rings. The quantitative estimate of drug-likeness (QED) is 0.254. The van der Waals surface area contributed by atoms with Gasteiger partial charge in [-0.05, 0) is 59.9 Å². The monoisotopic (exact) mass is 512 g/mol. The average molecular weight is 513 g/mol. The van der Waals surface area contributed by atoms with E-state index in [9.17, 15) is 27.2 Å². The van der Waals surface area contributed by atoms with Crippen LogP contribution in [0.1, 0.15) is 27.9 Å². The van der Waals surface area contributed by atoms with Crippen molar-refractivity contribution in [3.05, 3.63) is 99.6 Å². The van der Waals surface area contributed by atoms with E-state index in [0.717, 1.165) is 6.07 Å². The molecule has 0 spiro atoms. The molecule has 0 aliphatic rings. The zero-order valence-electron chi connectivity index (χ0n) is 20.2. The Bertz CT molecular complexity index is 1510. The molecule has 1 heterocycles. The normalized spacial score (nSPS) is 11.5. The number of rotatable bonds is 7. The molecule has 0 bridgehead atoms. The van der Waals surface area contributed by atoms with E-state index in [4.69, 9.17) is 4.74 Å². The Kier molecular flexibility index (Phi) is 7.33. The van der Waals surface area contributed by atoms with Crippen LogP contribution in [-0.2, 0) is 19.6 Å².